The number of hydrogen-bond donors (Lipinski definition) is 1. The summed E-state index contributed by atoms with van der Waals surface area (Å²) < 4.78 is 17.4. The van der Waals surface area contributed by atoms with Crippen LogP contribution < -0.4 is 19.7 Å². The summed E-state index contributed by atoms with van der Waals surface area (Å²) in [5.74, 6) is 1.38. The van der Waals surface area contributed by atoms with Gasteiger partial charge in [0.2, 0.25) is 5.91 Å². The summed E-state index contributed by atoms with van der Waals surface area (Å²) in [6.45, 7) is 11.2. The molecule has 2 fully saturated rings. The zero-order valence-electron chi connectivity index (χ0n) is 21.3. The van der Waals surface area contributed by atoms with Gasteiger partial charge >= 0.3 is 0 Å². The molecule has 2 aliphatic rings. The number of nitrogens with one attached hydrogen (secondary N) is 1. The Morgan fingerprint density at radius 3 is 2.29 bits per heavy atom. The van der Waals surface area contributed by atoms with E-state index in [4.69, 9.17) is 14.2 Å². The third-order valence-corrected chi connectivity index (χ3v) is 6.51. The minimum absolute atomic E-state index is 0.0374. The highest BCUT2D eigenvalue weighted by Crippen LogP contribution is 2.39. The van der Waals surface area contributed by atoms with Gasteiger partial charge in [0, 0.05) is 37.8 Å². The normalized spacial score (nSPS) is 15.8. The second-order valence-corrected chi connectivity index (χ2v) is 9.14. The molecule has 1 aliphatic carbocycles. The molecule has 4 rings (SSSR count). The number of anilines is 2. The molecule has 0 unspecified atom stereocenters. The van der Waals surface area contributed by atoms with Gasteiger partial charge in [0.1, 0.15) is 11.5 Å². The van der Waals surface area contributed by atoms with Gasteiger partial charge in [0.05, 0.1) is 44.3 Å². The highest BCUT2D eigenvalue weighted by atomic mass is 16.5. The van der Waals surface area contributed by atoms with Crippen LogP contribution in [0.3, 0.4) is 0 Å². The lowest BCUT2D eigenvalue weighted by atomic mass is 10.1. The van der Waals surface area contributed by atoms with Crippen LogP contribution in [0.25, 0.3) is 0 Å². The molecule has 2 aromatic carbocycles. The molecule has 190 valence electrons. The Balaban J connectivity index is 1.49. The Hall–Kier alpha value is -2.77. The van der Waals surface area contributed by atoms with Crippen LogP contribution in [-0.2, 0) is 22.5 Å². The fourth-order valence-electron chi connectivity index (χ4n) is 4.49. The maximum Gasteiger partial charge on any atom is 0.238 e. The minimum atomic E-state index is -0.0374. The predicted molar refractivity (Wildman–Crippen MR) is 140 cm³/mol. The number of ether oxygens (including phenoxy) is 3. The first kappa shape index (κ1) is 25.3. The molecule has 1 saturated heterocycles. The van der Waals surface area contributed by atoms with Gasteiger partial charge in [0.15, 0.2) is 0 Å². The molecule has 7 heteroatoms. The van der Waals surface area contributed by atoms with Gasteiger partial charge < -0.3 is 24.4 Å². The smallest absolute Gasteiger partial charge is 0.238 e. The summed E-state index contributed by atoms with van der Waals surface area (Å²) in [5.41, 5.74) is 4.20. The van der Waals surface area contributed by atoms with Crippen molar-refractivity contribution in [2.24, 2.45) is 0 Å². The number of hydrogen-bond acceptors (Lipinski definition) is 6. The number of amides is 1. The number of rotatable bonds is 12. The number of aryl methyl sites for hydroxylation is 1. The van der Waals surface area contributed by atoms with Crippen molar-refractivity contribution in [1.82, 2.24) is 4.90 Å². The van der Waals surface area contributed by atoms with Gasteiger partial charge in [0.25, 0.3) is 0 Å². The Bertz CT molecular complexity index is 969. The van der Waals surface area contributed by atoms with Crippen molar-refractivity contribution in [1.29, 1.82) is 0 Å². The molecule has 0 atom stereocenters. The van der Waals surface area contributed by atoms with Crippen molar-refractivity contribution < 1.29 is 19.0 Å². The third kappa shape index (κ3) is 6.89. The number of carbonyl (C=O) groups excluding carboxylic acids is 1. The molecule has 1 amide bonds. The molecule has 2 aromatic rings. The van der Waals surface area contributed by atoms with Gasteiger partial charge in [-0.15, -0.1) is 0 Å². The molecule has 0 radical (unpaired) electrons. The van der Waals surface area contributed by atoms with E-state index in [1.807, 2.05) is 26.0 Å². The third-order valence-electron chi connectivity index (χ3n) is 6.51. The summed E-state index contributed by atoms with van der Waals surface area (Å²) in [4.78, 5) is 17.7. The largest absolute Gasteiger partial charge is 0.492 e. The lowest BCUT2D eigenvalue weighted by molar-refractivity contribution is -0.117. The average Bonchev–Trinajstić information content (AvgIpc) is 3.72. The maximum atomic E-state index is 13.2. The van der Waals surface area contributed by atoms with Crippen molar-refractivity contribution in [3.63, 3.8) is 0 Å². The molecule has 0 bridgehead atoms. The van der Waals surface area contributed by atoms with Crippen LogP contribution in [0.15, 0.2) is 36.4 Å². The van der Waals surface area contributed by atoms with Crippen molar-refractivity contribution in [3.05, 3.63) is 47.5 Å². The van der Waals surface area contributed by atoms with E-state index in [9.17, 15) is 4.79 Å². The predicted octanol–water partition coefficient (Wildman–Crippen LogP) is 4.49. The summed E-state index contributed by atoms with van der Waals surface area (Å²) in [7, 11) is 0. The second kappa shape index (κ2) is 12.3. The lowest BCUT2D eigenvalue weighted by Crippen LogP contribution is -2.36. The first-order valence-electron chi connectivity index (χ1n) is 13.0. The fraction of sp³-hybridized carbons (Fsp3) is 0.536. The van der Waals surface area contributed by atoms with Crippen LogP contribution in [-0.4, -0.2) is 62.9 Å². The summed E-state index contributed by atoms with van der Waals surface area (Å²) in [6, 6.07) is 13.1. The highest BCUT2D eigenvalue weighted by Gasteiger charge is 2.30. The van der Waals surface area contributed by atoms with Gasteiger partial charge in [-0.05, 0) is 44.2 Å². The van der Waals surface area contributed by atoms with Crippen LogP contribution >= 0.6 is 0 Å². The second-order valence-electron chi connectivity index (χ2n) is 9.14. The van der Waals surface area contributed by atoms with Gasteiger partial charge in [-0.1, -0.05) is 31.2 Å². The van der Waals surface area contributed by atoms with Crippen LogP contribution in [0.5, 0.6) is 11.5 Å². The monoisotopic (exact) mass is 481 g/mol. The standard InChI is InChI=1S/C28H39N3O4/c1-4-21-7-9-22(10-8-21)19-31(23-11-12-23)20-28(32)29-24-17-27(35-6-3)25(18-26(24)34-5-2)30-13-15-33-16-14-30/h7-10,17-18,23H,4-6,11-16,19-20H2,1-3H3,(H,29,32). The molecule has 1 N–H and O–H groups in total. The van der Waals surface area contributed by atoms with Crippen molar-refractivity contribution in [2.45, 2.75) is 52.6 Å². The maximum absolute atomic E-state index is 13.2. The fourth-order valence-corrected chi connectivity index (χ4v) is 4.49. The SMILES string of the molecule is CCOc1cc(N2CCOCC2)c(OCC)cc1NC(=O)CN(Cc1ccc(CC)cc1)C1CC1. The first-order valence-corrected chi connectivity index (χ1v) is 13.0. The highest BCUT2D eigenvalue weighted by molar-refractivity contribution is 5.94. The summed E-state index contributed by atoms with van der Waals surface area (Å²) in [6.07, 6.45) is 3.33. The molecule has 1 aliphatic heterocycles. The molecule has 1 heterocycles. The van der Waals surface area contributed by atoms with E-state index in [2.05, 4.69) is 46.3 Å². The van der Waals surface area contributed by atoms with E-state index >= 15 is 0 Å². The molecule has 0 aromatic heterocycles. The van der Waals surface area contributed by atoms with Crippen LogP contribution in [0, 0.1) is 0 Å². The van der Waals surface area contributed by atoms with E-state index in [1.165, 1.54) is 11.1 Å². The van der Waals surface area contributed by atoms with Crippen molar-refractivity contribution in [2.75, 3.05) is 56.3 Å². The Morgan fingerprint density at radius 2 is 1.66 bits per heavy atom. The number of carbonyl (C=O) groups is 1. The van der Waals surface area contributed by atoms with E-state index in [0.29, 0.717) is 50.5 Å². The quantitative estimate of drug-likeness (QED) is 0.482. The molecule has 0 spiro atoms. The van der Waals surface area contributed by atoms with Crippen molar-refractivity contribution in [3.8, 4) is 11.5 Å². The molecule has 1 saturated carbocycles. The molecule has 35 heavy (non-hydrogen) atoms. The van der Waals surface area contributed by atoms with Crippen molar-refractivity contribution >= 4 is 17.3 Å². The topological polar surface area (TPSA) is 63.3 Å². The minimum Gasteiger partial charge on any atom is -0.492 e. The van der Waals surface area contributed by atoms with Crippen LogP contribution in [0.1, 0.15) is 44.7 Å². The van der Waals surface area contributed by atoms with Gasteiger partial charge in [-0.3, -0.25) is 9.69 Å². The first-order chi connectivity index (χ1) is 17.1. The molecule has 7 nitrogen and oxygen atoms in total. The molecular weight excluding hydrogens is 442 g/mol. The Labute approximate surface area is 209 Å². The Kier molecular flexibility index (Phi) is 8.88. The zero-order valence-corrected chi connectivity index (χ0v) is 21.3. The van der Waals surface area contributed by atoms with E-state index in [1.54, 1.807) is 0 Å². The summed E-state index contributed by atoms with van der Waals surface area (Å²) >= 11 is 0. The summed E-state index contributed by atoms with van der Waals surface area (Å²) in [5, 5.41) is 3.11. The Morgan fingerprint density at radius 1 is 1.00 bits per heavy atom. The molecular formula is C28H39N3O4. The lowest BCUT2D eigenvalue weighted by Gasteiger charge is -2.31. The average molecular weight is 482 g/mol. The number of benzene rings is 2. The van der Waals surface area contributed by atoms with E-state index < -0.39 is 0 Å². The number of morpholine rings is 1. The zero-order chi connectivity index (χ0) is 24.6. The van der Waals surface area contributed by atoms with E-state index in [0.717, 1.165) is 50.3 Å². The van der Waals surface area contributed by atoms with E-state index in [-0.39, 0.29) is 5.91 Å². The number of nitrogens with zero attached hydrogens (tertiary/aromatic N) is 2. The van der Waals surface area contributed by atoms with Gasteiger partial charge in [-0.25, -0.2) is 0 Å². The van der Waals surface area contributed by atoms with Crippen LogP contribution in [0.2, 0.25) is 0 Å². The van der Waals surface area contributed by atoms with Gasteiger partial charge in [-0.2, -0.15) is 0 Å². The van der Waals surface area contributed by atoms with Crippen LogP contribution in [0.4, 0.5) is 11.4 Å².